The van der Waals surface area contributed by atoms with Gasteiger partial charge in [-0.25, -0.2) is 0 Å². The molecular weight excluding hydrogens is 349 g/mol. The maximum Gasteiger partial charge on any atom is 0.573 e. The van der Waals surface area contributed by atoms with Gasteiger partial charge in [-0.2, -0.15) is 0 Å². The highest BCUT2D eigenvalue weighted by atomic mass is 19.4. The first-order chi connectivity index (χ1) is 12.2. The number of hydrogen-bond donors (Lipinski definition) is 0. The molecule has 1 aromatic rings. The molecule has 2 aliphatic rings. The quantitative estimate of drug-likeness (QED) is 0.818. The summed E-state index contributed by atoms with van der Waals surface area (Å²) >= 11 is 0. The van der Waals surface area contributed by atoms with Crippen LogP contribution in [0.25, 0.3) is 0 Å². The van der Waals surface area contributed by atoms with E-state index < -0.39 is 12.5 Å². The van der Waals surface area contributed by atoms with Crippen LogP contribution < -0.4 is 4.74 Å². The van der Waals surface area contributed by atoms with Crippen molar-refractivity contribution in [3.8, 4) is 5.75 Å². The Balaban J connectivity index is 1.53. The number of carbonyl (C=O) groups is 1. The van der Waals surface area contributed by atoms with Gasteiger partial charge in [0.25, 0.3) is 5.91 Å². The minimum absolute atomic E-state index is 0.0132. The molecule has 1 amide bonds. The molecule has 3 rings (SSSR count). The van der Waals surface area contributed by atoms with Crippen molar-refractivity contribution in [2.24, 2.45) is 0 Å². The van der Waals surface area contributed by atoms with E-state index in [4.69, 9.17) is 4.74 Å². The molecule has 26 heavy (non-hydrogen) atoms. The highest BCUT2D eigenvalue weighted by molar-refractivity contribution is 5.81. The molecule has 2 saturated heterocycles. The standard InChI is InChI=1S/C18H23F3N2O3/c1-13-16(24)22(2)12-17(25-13)7-9-23(10-8-17)11-14-3-5-15(6-4-14)26-18(19,20)21/h3-6,13H,7-12H2,1-2H3. The van der Waals surface area contributed by atoms with E-state index in [1.807, 2.05) is 0 Å². The summed E-state index contributed by atoms with van der Waals surface area (Å²) in [5.74, 6) is -0.199. The van der Waals surface area contributed by atoms with Crippen LogP contribution in [0.3, 0.4) is 0 Å². The zero-order chi connectivity index (χ0) is 18.9. The van der Waals surface area contributed by atoms with E-state index >= 15 is 0 Å². The Morgan fingerprint density at radius 3 is 2.38 bits per heavy atom. The van der Waals surface area contributed by atoms with Crippen LogP contribution in [0.5, 0.6) is 5.75 Å². The van der Waals surface area contributed by atoms with E-state index in [2.05, 4.69) is 9.64 Å². The molecular formula is C18H23F3N2O3. The zero-order valence-corrected chi connectivity index (χ0v) is 14.9. The van der Waals surface area contributed by atoms with Crippen LogP contribution in [0.15, 0.2) is 24.3 Å². The Morgan fingerprint density at radius 1 is 1.23 bits per heavy atom. The fourth-order valence-electron chi connectivity index (χ4n) is 3.73. The number of nitrogens with zero attached hydrogens (tertiary/aromatic N) is 2. The third-order valence-corrected chi connectivity index (χ3v) is 5.01. The Kier molecular flexibility index (Phi) is 5.16. The molecule has 1 unspecified atom stereocenters. The Bertz CT molecular complexity index is 624. The number of morpholine rings is 1. The van der Waals surface area contributed by atoms with Crippen molar-refractivity contribution in [2.45, 2.75) is 44.4 Å². The summed E-state index contributed by atoms with van der Waals surface area (Å²) in [6.07, 6.45) is -3.44. The van der Waals surface area contributed by atoms with Crippen LogP contribution in [-0.4, -0.2) is 60.5 Å². The second kappa shape index (κ2) is 7.08. The highest BCUT2D eigenvalue weighted by Gasteiger charge is 2.44. The number of benzene rings is 1. The first-order valence-corrected chi connectivity index (χ1v) is 8.66. The van der Waals surface area contributed by atoms with Crippen LogP contribution in [0.2, 0.25) is 0 Å². The number of piperidine rings is 1. The first-order valence-electron chi connectivity index (χ1n) is 8.66. The van der Waals surface area contributed by atoms with Gasteiger partial charge in [0.15, 0.2) is 0 Å². The van der Waals surface area contributed by atoms with E-state index in [1.54, 1.807) is 31.0 Å². The van der Waals surface area contributed by atoms with Gasteiger partial charge in [-0.1, -0.05) is 12.1 Å². The van der Waals surface area contributed by atoms with Crippen molar-refractivity contribution in [3.63, 3.8) is 0 Å². The lowest BCUT2D eigenvalue weighted by atomic mass is 9.88. The van der Waals surface area contributed by atoms with Crippen LogP contribution in [0.4, 0.5) is 13.2 Å². The maximum atomic E-state index is 12.2. The molecule has 0 bridgehead atoms. The number of likely N-dealkylation sites (N-methyl/N-ethyl adjacent to an activating group) is 1. The van der Waals surface area contributed by atoms with E-state index in [9.17, 15) is 18.0 Å². The predicted octanol–water partition coefficient (Wildman–Crippen LogP) is 2.80. The predicted molar refractivity (Wildman–Crippen MR) is 88.6 cm³/mol. The van der Waals surface area contributed by atoms with Gasteiger partial charge in [-0.3, -0.25) is 9.69 Å². The molecule has 5 nitrogen and oxygen atoms in total. The minimum Gasteiger partial charge on any atom is -0.406 e. The Morgan fingerprint density at radius 2 is 1.85 bits per heavy atom. The lowest BCUT2D eigenvalue weighted by molar-refractivity contribution is -0.274. The lowest BCUT2D eigenvalue weighted by Crippen LogP contribution is -2.60. The monoisotopic (exact) mass is 372 g/mol. The fraction of sp³-hybridized carbons (Fsp3) is 0.611. The number of amides is 1. The van der Waals surface area contributed by atoms with Gasteiger partial charge in [-0.05, 0) is 37.5 Å². The van der Waals surface area contributed by atoms with Crippen molar-refractivity contribution >= 4 is 5.91 Å². The van der Waals surface area contributed by atoms with Crippen molar-refractivity contribution < 1.29 is 27.4 Å². The van der Waals surface area contributed by atoms with Gasteiger partial charge in [0.05, 0.1) is 5.60 Å². The van der Waals surface area contributed by atoms with Gasteiger partial charge >= 0.3 is 6.36 Å². The highest BCUT2D eigenvalue weighted by Crippen LogP contribution is 2.33. The van der Waals surface area contributed by atoms with Gasteiger partial charge in [0.1, 0.15) is 11.9 Å². The fourth-order valence-corrected chi connectivity index (χ4v) is 3.73. The van der Waals surface area contributed by atoms with Crippen molar-refractivity contribution in [1.82, 2.24) is 9.80 Å². The average Bonchev–Trinajstić information content (AvgIpc) is 2.55. The van der Waals surface area contributed by atoms with Crippen molar-refractivity contribution in [2.75, 3.05) is 26.7 Å². The second-order valence-corrected chi connectivity index (χ2v) is 7.11. The number of alkyl halides is 3. The largest absolute Gasteiger partial charge is 0.573 e. The molecule has 8 heteroatoms. The topological polar surface area (TPSA) is 42.0 Å². The van der Waals surface area contributed by atoms with E-state index in [-0.39, 0.29) is 17.3 Å². The molecule has 2 heterocycles. The third-order valence-electron chi connectivity index (χ3n) is 5.01. The normalized spacial score (nSPS) is 24.1. The molecule has 2 aliphatic heterocycles. The molecule has 1 spiro atoms. The van der Waals surface area contributed by atoms with Crippen molar-refractivity contribution in [3.05, 3.63) is 29.8 Å². The molecule has 144 valence electrons. The first kappa shape index (κ1) is 19.0. The van der Waals surface area contributed by atoms with Crippen LogP contribution in [0, 0.1) is 0 Å². The summed E-state index contributed by atoms with van der Waals surface area (Å²) < 4.78 is 46.5. The molecule has 1 atom stereocenters. The maximum absolute atomic E-state index is 12.2. The summed E-state index contributed by atoms with van der Waals surface area (Å²) in [6.45, 7) is 4.68. The van der Waals surface area contributed by atoms with Gasteiger partial charge in [-0.15, -0.1) is 13.2 Å². The summed E-state index contributed by atoms with van der Waals surface area (Å²) in [5, 5.41) is 0. The van der Waals surface area contributed by atoms with Gasteiger partial charge in [0.2, 0.25) is 0 Å². The summed E-state index contributed by atoms with van der Waals surface area (Å²) in [7, 11) is 1.81. The minimum atomic E-state index is -4.67. The van der Waals surface area contributed by atoms with Crippen LogP contribution >= 0.6 is 0 Å². The summed E-state index contributed by atoms with van der Waals surface area (Å²) in [4.78, 5) is 15.9. The van der Waals surface area contributed by atoms with Gasteiger partial charge in [0, 0.05) is 33.2 Å². The molecule has 0 aromatic heterocycles. The number of halogens is 3. The van der Waals surface area contributed by atoms with E-state index in [0.717, 1.165) is 31.5 Å². The van der Waals surface area contributed by atoms with E-state index in [1.165, 1.54) is 12.1 Å². The number of carbonyl (C=O) groups excluding carboxylic acids is 1. The van der Waals surface area contributed by atoms with E-state index in [0.29, 0.717) is 13.1 Å². The SMILES string of the molecule is CC1OC2(CCN(Cc3ccc(OC(F)(F)F)cc3)CC2)CN(C)C1=O. The van der Waals surface area contributed by atoms with Crippen LogP contribution in [-0.2, 0) is 16.1 Å². The number of ether oxygens (including phenoxy) is 2. The summed E-state index contributed by atoms with van der Waals surface area (Å²) in [6, 6.07) is 5.97. The summed E-state index contributed by atoms with van der Waals surface area (Å²) in [5.41, 5.74) is 0.642. The number of hydrogen-bond acceptors (Lipinski definition) is 4. The number of likely N-dealkylation sites (tertiary alicyclic amines) is 1. The molecule has 1 aromatic carbocycles. The number of rotatable bonds is 3. The Labute approximate surface area is 150 Å². The molecule has 0 aliphatic carbocycles. The third kappa shape index (κ3) is 4.48. The van der Waals surface area contributed by atoms with Gasteiger partial charge < -0.3 is 14.4 Å². The smallest absolute Gasteiger partial charge is 0.406 e. The van der Waals surface area contributed by atoms with Crippen LogP contribution in [0.1, 0.15) is 25.3 Å². The molecule has 0 radical (unpaired) electrons. The lowest BCUT2D eigenvalue weighted by Gasteiger charge is -2.48. The molecule has 2 fully saturated rings. The second-order valence-electron chi connectivity index (χ2n) is 7.11. The molecule has 0 N–H and O–H groups in total. The Hall–Kier alpha value is -1.80. The van der Waals surface area contributed by atoms with Crippen molar-refractivity contribution in [1.29, 1.82) is 0 Å². The average molecular weight is 372 g/mol. The molecule has 0 saturated carbocycles. The zero-order valence-electron chi connectivity index (χ0n) is 14.9.